The fourth-order valence-electron chi connectivity index (χ4n) is 6.35. The third-order valence-electron chi connectivity index (χ3n) is 8.18. The number of hydrogen-bond acceptors (Lipinski definition) is 6. The highest BCUT2D eigenvalue weighted by atomic mass is 16.6. The molecule has 3 aromatic rings. The van der Waals surface area contributed by atoms with Gasteiger partial charge in [-0.05, 0) is 53.9 Å². The highest BCUT2D eigenvalue weighted by Crippen LogP contribution is 2.61. The second-order valence-electron chi connectivity index (χ2n) is 10.7. The second-order valence-corrected chi connectivity index (χ2v) is 10.7. The van der Waals surface area contributed by atoms with Crippen molar-refractivity contribution in [2.45, 2.75) is 37.0 Å². The van der Waals surface area contributed by atoms with Gasteiger partial charge in [-0.3, -0.25) is 9.59 Å². The van der Waals surface area contributed by atoms with E-state index in [1.165, 1.54) is 4.90 Å². The molecule has 0 aromatic heterocycles. The first kappa shape index (κ1) is 26.5. The molecule has 0 unspecified atom stereocenters. The van der Waals surface area contributed by atoms with Gasteiger partial charge in [0, 0.05) is 64.2 Å². The lowest BCUT2D eigenvalue weighted by Crippen LogP contribution is -2.53. The molecule has 2 aliphatic rings. The molecular formula is C32H35N3O4. The molecule has 0 bridgehead atoms. The molecule has 7 nitrogen and oxygen atoms in total. The Balaban J connectivity index is 1.76. The fraction of sp³-hybridized carbons (Fsp3) is 0.344. The Bertz CT molecular complexity index is 1330. The van der Waals surface area contributed by atoms with Gasteiger partial charge in [0.1, 0.15) is 5.78 Å². The van der Waals surface area contributed by atoms with Crippen molar-refractivity contribution in [2.24, 2.45) is 0 Å². The smallest absolute Gasteiger partial charge is 0.421 e. The van der Waals surface area contributed by atoms with Gasteiger partial charge in [-0.15, -0.1) is 0 Å². The van der Waals surface area contributed by atoms with Gasteiger partial charge in [-0.2, -0.15) is 0 Å². The van der Waals surface area contributed by atoms with Crippen molar-refractivity contribution < 1.29 is 19.1 Å². The van der Waals surface area contributed by atoms with Crippen LogP contribution in [-0.2, 0) is 19.7 Å². The monoisotopic (exact) mass is 525 g/mol. The number of carbonyl (C=O) groups is 3. The van der Waals surface area contributed by atoms with Gasteiger partial charge in [0.2, 0.25) is 5.91 Å². The van der Waals surface area contributed by atoms with Gasteiger partial charge in [-0.1, -0.05) is 42.5 Å². The van der Waals surface area contributed by atoms with Crippen LogP contribution < -0.4 is 14.7 Å². The number of fused-ring (bicyclic) bond motifs is 2. The molecule has 202 valence electrons. The molecule has 39 heavy (non-hydrogen) atoms. The maximum Gasteiger partial charge on any atom is 0.421 e. The molecule has 0 radical (unpaired) electrons. The lowest BCUT2D eigenvalue weighted by molar-refractivity contribution is -0.130. The maximum atomic E-state index is 14.8. The Hall–Kier alpha value is -4.13. The summed E-state index contributed by atoms with van der Waals surface area (Å²) >= 11 is 0. The molecule has 1 aliphatic heterocycles. The van der Waals surface area contributed by atoms with E-state index in [-0.39, 0.29) is 31.1 Å². The van der Waals surface area contributed by atoms with Crippen molar-refractivity contribution in [2.75, 3.05) is 49.5 Å². The molecule has 1 fully saturated rings. The summed E-state index contributed by atoms with van der Waals surface area (Å²) in [6, 6.07) is 23.5. The highest BCUT2D eigenvalue weighted by molar-refractivity contribution is 6.22. The molecule has 1 heterocycles. The predicted octanol–water partition coefficient (Wildman–Crippen LogP) is 5.49. The van der Waals surface area contributed by atoms with E-state index in [4.69, 9.17) is 4.74 Å². The number of ether oxygens (including phenoxy) is 1. The number of amides is 2. The average molecular weight is 526 g/mol. The Kier molecular flexibility index (Phi) is 6.93. The molecule has 3 aromatic carbocycles. The van der Waals surface area contributed by atoms with E-state index in [2.05, 4.69) is 0 Å². The number of carbonyl (C=O) groups excluding carboxylic acids is 3. The molecular weight excluding hydrogens is 490 g/mol. The van der Waals surface area contributed by atoms with E-state index < -0.39 is 23.3 Å². The first-order chi connectivity index (χ1) is 18.7. The van der Waals surface area contributed by atoms with Crippen molar-refractivity contribution in [1.82, 2.24) is 0 Å². The Morgan fingerprint density at radius 2 is 1.31 bits per heavy atom. The number of Topliss-reactive ketones (excluding diaryl/α,β-unsaturated/α-hetero) is 1. The SMILES string of the molecule is CCOC(=O)N1C(=O)C2(c3ccccc31)[C@H](c1ccc(N(C)C)cc1)CC(=O)C[C@H]2c1ccc(N(C)C)cc1. The number of rotatable bonds is 5. The van der Waals surface area contributed by atoms with Crippen LogP contribution in [0.2, 0.25) is 0 Å². The van der Waals surface area contributed by atoms with Gasteiger partial charge in [0.05, 0.1) is 17.7 Å². The molecule has 0 saturated heterocycles. The summed E-state index contributed by atoms with van der Waals surface area (Å²) in [4.78, 5) is 46.7. The number of hydrogen-bond donors (Lipinski definition) is 0. The molecule has 1 aliphatic carbocycles. The van der Waals surface area contributed by atoms with E-state index in [1.807, 2.05) is 105 Å². The lowest BCUT2D eigenvalue weighted by atomic mass is 9.54. The highest BCUT2D eigenvalue weighted by Gasteiger charge is 2.64. The summed E-state index contributed by atoms with van der Waals surface area (Å²) in [5.41, 5.74) is 3.99. The van der Waals surface area contributed by atoms with Gasteiger partial charge in [-0.25, -0.2) is 9.69 Å². The number of imide groups is 1. The quantitative estimate of drug-likeness (QED) is 0.439. The van der Waals surface area contributed by atoms with E-state index >= 15 is 0 Å². The molecule has 1 spiro atoms. The Morgan fingerprint density at radius 1 is 0.821 bits per heavy atom. The van der Waals surface area contributed by atoms with Crippen LogP contribution in [0.15, 0.2) is 72.8 Å². The first-order valence-electron chi connectivity index (χ1n) is 13.4. The maximum absolute atomic E-state index is 14.8. The van der Waals surface area contributed by atoms with Crippen LogP contribution in [0.1, 0.15) is 48.3 Å². The van der Waals surface area contributed by atoms with E-state index in [9.17, 15) is 14.4 Å². The number of nitrogens with zero attached hydrogens (tertiary/aromatic N) is 3. The third kappa shape index (κ3) is 4.26. The van der Waals surface area contributed by atoms with Gasteiger partial charge >= 0.3 is 6.09 Å². The van der Waals surface area contributed by atoms with Crippen molar-refractivity contribution in [3.05, 3.63) is 89.5 Å². The lowest BCUT2D eigenvalue weighted by Gasteiger charge is -2.46. The molecule has 1 saturated carbocycles. The minimum absolute atomic E-state index is 0.101. The summed E-state index contributed by atoms with van der Waals surface area (Å²) in [6.45, 7) is 1.88. The Labute approximate surface area is 230 Å². The predicted molar refractivity (Wildman–Crippen MR) is 154 cm³/mol. The molecule has 7 heteroatoms. The van der Waals surface area contributed by atoms with Crippen LogP contribution in [-0.4, -0.2) is 52.6 Å². The van der Waals surface area contributed by atoms with Crippen LogP contribution in [0.25, 0.3) is 0 Å². The molecule has 2 atom stereocenters. The van der Waals surface area contributed by atoms with Crippen molar-refractivity contribution in [3.8, 4) is 0 Å². The van der Waals surface area contributed by atoms with Gasteiger partial charge in [0.25, 0.3) is 0 Å². The van der Waals surface area contributed by atoms with Crippen LogP contribution >= 0.6 is 0 Å². The summed E-state index contributed by atoms with van der Waals surface area (Å²) in [7, 11) is 7.90. The topological polar surface area (TPSA) is 70.2 Å². The number of benzene rings is 3. The third-order valence-corrected chi connectivity index (χ3v) is 8.18. The number of ketones is 1. The van der Waals surface area contributed by atoms with Gasteiger partial charge in [0.15, 0.2) is 0 Å². The van der Waals surface area contributed by atoms with Crippen LogP contribution in [0.4, 0.5) is 21.9 Å². The largest absolute Gasteiger partial charge is 0.449 e. The number of anilines is 3. The van der Waals surface area contributed by atoms with Crippen molar-refractivity contribution in [1.29, 1.82) is 0 Å². The van der Waals surface area contributed by atoms with Crippen LogP contribution in [0.3, 0.4) is 0 Å². The zero-order chi connectivity index (χ0) is 27.9. The summed E-state index contributed by atoms with van der Waals surface area (Å²) in [5.74, 6) is -1.15. The number of para-hydroxylation sites is 1. The van der Waals surface area contributed by atoms with E-state index in [0.29, 0.717) is 5.69 Å². The fourth-order valence-corrected chi connectivity index (χ4v) is 6.35. The minimum Gasteiger partial charge on any atom is -0.449 e. The summed E-state index contributed by atoms with van der Waals surface area (Å²) in [6.07, 6.45) is -0.263. The van der Waals surface area contributed by atoms with Crippen LogP contribution in [0, 0.1) is 0 Å². The first-order valence-corrected chi connectivity index (χ1v) is 13.4. The molecule has 5 rings (SSSR count). The van der Waals surface area contributed by atoms with Gasteiger partial charge < -0.3 is 14.5 Å². The van der Waals surface area contributed by atoms with Crippen molar-refractivity contribution in [3.63, 3.8) is 0 Å². The average Bonchev–Trinajstić information content (AvgIpc) is 3.18. The van der Waals surface area contributed by atoms with E-state index in [1.54, 1.807) is 13.0 Å². The summed E-state index contributed by atoms with van der Waals surface area (Å²) < 4.78 is 5.36. The van der Waals surface area contributed by atoms with Crippen molar-refractivity contribution >= 4 is 34.8 Å². The Morgan fingerprint density at radius 3 is 1.77 bits per heavy atom. The van der Waals surface area contributed by atoms with E-state index in [0.717, 1.165) is 28.1 Å². The minimum atomic E-state index is -1.16. The zero-order valence-corrected chi connectivity index (χ0v) is 23.2. The molecule has 0 N–H and O–H groups in total. The second kappa shape index (κ2) is 10.2. The standard InChI is InChI=1S/C32H35N3O4/c1-6-39-31(38)35-29-10-8-7-9-26(29)32(30(35)37)27(21-11-15-23(16-12-21)33(2)3)19-25(36)20-28(32)22-13-17-24(18-14-22)34(4)5/h7-18,27-28H,6,19-20H2,1-5H3/t27-,28-/m0/s1. The zero-order valence-electron chi connectivity index (χ0n) is 23.2. The summed E-state index contributed by atoms with van der Waals surface area (Å²) in [5, 5.41) is 0. The normalized spacial score (nSPS) is 19.7. The molecule has 2 amide bonds. The van der Waals surface area contributed by atoms with Crippen LogP contribution in [0.5, 0.6) is 0 Å².